The van der Waals surface area contributed by atoms with Crippen LogP contribution in [0.2, 0.25) is 0 Å². The molecule has 2 saturated heterocycles. The second kappa shape index (κ2) is 6.67. The average molecular weight is 374 g/mol. The van der Waals surface area contributed by atoms with Crippen LogP contribution in [0, 0.1) is 5.92 Å². The fraction of sp³-hybridized carbons (Fsp3) is 0.500. The minimum absolute atomic E-state index is 0.0225. The Morgan fingerprint density at radius 1 is 1.27 bits per heavy atom. The number of hydrogen-bond donors (Lipinski definition) is 3. The van der Waals surface area contributed by atoms with Crippen molar-refractivity contribution in [2.45, 2.75) is 24.7 Å². The lowest BCUT2D eigenvalue weighted by atomic mass is 10.0. The number of halogens is 3. The summed E-state index contributed by atoms with van der Waals surface area (Å²) in [6, 6.07) is 3.16. The van der Waals surface area contributed by atoms with E-state index in [4.69, 9.17) is 9.84 Å². The maximum absolute atomic E-state index is 12.7. The summed E-state index contributed by atoms with van der Waals surface area (Å²) in [5.74, 6) is -3.76. The molecule has 7 nitrogen and oxygen atoms in total. The molecule has 0 bridgehead atoms. The Morgan fingerprint density at radius 2 is 1.96 bits per heavy atom. The number of nitrogens with one attached hydrogen (secondary N) is 1. The van der Waals surface area contributed by atoms with Gasteiger partial charge in [0, 0.05) is 6.54 Å². The van der Waals surface area contributed by atoms with Crippen molar-refractivity contribution in [1.29, 1.82) is 0 Å². The number of rotatable bonds is 4. The third-order valence-electron chi connectivity index (χ3n) is 4.56. The molecule has 2 aliphatic heterocycles. The number of ether oxygens (including phenoxy) is 1. The number of phenols is 1. The Morgan fingerprint density at radius 3 is 2.54 bits per heavy atom. The van der Waals surface area contributed by atoms with E-state index in [-0.39, 0.29) is 37.4 Å². The lowest BCUT2D eigenvalue weighted by Crippen LogP contribution is -2.59. The van der Waals surface area contributed by atoms with Crippen molar-refractivity contribution in [2.24, 2.45) is 5.92 Å². The van der Waals surface area contributed by atoms with Gasteiger partial charge in [-0.05, 0) is 18.6 Å². The Bertz CT molecular complexity index is 718. The van der Waals surface area contributed by atoms with E-state index < -0.39 is 41.9 Å². The number of benzene rings is 1. The molecule has 0 unspecified atom stereocenters. The maximum atomic E-state index is 12.7. The zero-order valence-corrected chi connectivity index (χ0v) is 13.5. The van der Waals surface area contributed by atoms with Crippen LogP contribution in [0.1, 0.15) is 16.8 Å². The first-order valence-electron chi connectivity index (χ1n) is 7.97. The predicted octanol–water partition coefficient (Wildman–Crippen LogP) is 1.22. The molecule has 0 saturated carbocycles. The van der Waals surface area contributed by atoms with E-state index in [2.05, 4.69) is 5.32 Å². The van der Waals surface area contributed by atoms with Gasteiger partial charge in [-0.1, -0.05) is 6.07 Å². The quantitative estimate of drug-likeness (QED) is 0.733. The molecule has 0 radical (unpaired) electrons. The fourth-order valence-electron chi connectivity index (χ4n) is 3.10. The van der Waals surface area contributed by atoms with E-state index in [1.54, 1.807) is 0 Å². The molecule has 2 aliphatic rings. The summed E-state index contributed by atoms with van der Waals surface area (Å²) in [4.78, 5) is 24.8. The minimum Gasteiger partial charge on any atom is -0.507 e. The van der Waals surface area contributed by atoms with E-state index in [1.807, 2.05) is 0 Å². The number of amides is 1. The van der Waals surface area contributed by atoms with Gasteiger partial charge < -0.3 is 25.2 Å². The molecule has 0 aromatic heterocycles. The largest absolute Gasteiger partial charge is 0.507 e. The lowest BCUT2D eigenvalue weighted by Gasteiger charge is -2.40. The van der Waals surface area contributed by atoms with Crippen LogP contribution in [0.15, 0.2) is 18.2 Å². The number of aromatic hydroxyl groups is 1. The second-order valence-corrected chi connectivity index (χ2v) is 6.37. The number of likely N-dealkylation sites (tertiary alicyclic amines) is 1. The number of carboxylic acids is 1. The van der Waals surface area contributed by atoms with E-state index in [0.29, 0.717) is 0 Å². The first-order valence-corrected chi connectivity index (χ1v) is 7.97. The molecule has 2 atom stereocenters. The highest BCUT2D eigenvalue weighted by molar-refractivity contribution is 5.94. The highest BCUT2D eigenvalue weighted by Crippen LogP contribution is 2.34. The van der Waals surface area contributed by atoms with Gasteiger partial charge in [-0.2, -0.15) is 13.2 Å². The van der Waals surface area contributed by atoms with Crippen molar-refractivity contribution >= 4 is 11.9 Å². The third kappa shape index (κ3) is 3.55. The summed E-state index contributed by atoms with van der Waals surface area (Å²) in [6.45, 7) is 0.00374. The minimum atomic E-state index is -4.33. The van der Waals surface area contributed by atoms with Crippen molar-refractivity contribution in [2.75, 3.05) is 19.6 Å². The van der Waals surface area contributed by atoms with Crippen LogP contribution in [0.3, 0.4) is 0 Å². The summed E-state index contributed by atoms with van der Waals surface area (Å²) >= 11 is 0. The first kappa shape index (κ1) is 18.3. The number of nitrogens with zero attached hydrogens (tertiary/aromatic N) is 1. The highest BCUT2D eigenvalue weighted by atomic mass is 19.4. The second-order valence-electron chi connectivity index (χ2n) is 6.37. The molecule has 3 N–H and O–H groups in total. The van der Waals surface area contributed by atoms with Gasteiger partial charge in [0.25, 0.3) is 0 Å². The van der Waals surface area contributed by atoms with Crippen molar-refractivity contribution in [3.05, 3.63) is 23.8 Å². The van der Waals surface area contributed by atoms with Crippen molar-refractivity contribution in [1.82, 2.24) is 10.2 Å². The van der Waals surface area contributed by atoms with Crippen molar-refractivity contribution < 1.29 is 37.7 Å². The van der Waals surface area contributed by atoms with Gasteiger partial charge in [0.05, 0.1) is 25.0 Å². The first-order chi connectivity index (χ1) is 12.2. The number of aromatic carboxylic acids is 1. The van der Waals surface area contributed by atoms with Crippen LogP contribution in [-0.2, 0) is 4.79 Å². The molecule has 142 valence electrons. The van der Waals surface area contributed by atoms with Crippen molar-refractivity contribution in [3.63, 3.8) is 0 Å². The highest BCUT2D eigenvalue weighted by Gasteiger charge is 2.47. The Balaban J connectivity index is 1.55. The molecule has 10 heteroatoms. The van der Waals surface area contributed by atoms with E-state index >= 15 is 0 Å². The predicted molar refractivity (Wildman–Crippen MR) is 82.0 cm³/mol. The maximum Gasteiger partial charge on any atom is 0.393 e. The van der Waals surface area contributed by atoms with Gasteiger partial charge in [0.1, 0.15) is 23.2 Å². The summed E-state index contributed by atoms with van der Waals surface area (Å²) in [7, 11) is 0. The van der Waals surface area contributed by atoms with Gasteiger partial charge in [-0.15, -0.1) is 0 Å². The molecule has 1 aromatic rings. The molecule has 26 heavy (non-hydrogen) atoms. The smallest absolute Gasteiger partial charge is 0.393 e. The van der Waals surface area contributed by atoms with Crippen LogP contribution < -0.4 is 10.1 Å². The van der Waals surface area contributed by atoms with Gasteiger partial charge in [0.15, 0.2) is 0 Å². The van der Waals surface area contributed by atoms with Crippen molar-refractivity contribution in [3.8, 4) is 11.5 Å². The Hall–Kier alpha value is -2.49. The number of carbonyl (C=O) groups excluding carboxylic acids is 1. The van der Waals surface area contributed by atoms with Crippen LogP contribution in [0.25, 0.3) is 0 Å². The number of alkyl halides is 3. The van der Waals surface area contributed by atoms with Gasteiger partial charge in [0.2, 0.25) is 5.91 Å². The third-order valence-corrected chi connectivity index (χ3v) is 4.56. The standard InChI is InChI=1S/C16H17F3N2O5/c17-16(18,19)8-4-10(20-5-8)14(23)21-6-9(7-21)26-12-3-1-2-11(22)13(12)15(24)25/h1-3,8-10,20,22H,4-7H2,(H,24,25)/t8-,10-/m1/s1. The van der Waals surface area contributed by atoms with E-state index in [9.17, 15) is 27.9 Å². The zero-order valence-electron chi connectivity index (χ0n) is 13.5. The molecule has 2 fully saturated rings. The van der Waals surface area contributed by atoms with E-state index in [1.165, 1.54) is 23.1 Å². The molecule has 1 aromatic carbocycles. The van der Waals surface area contributed by atoms with Gasteiger partial charge in [-0.3, -0.25) is 4.79 Å². The van der Waals surface area contributed by atoms with Crippen LogP contribution in [0.5, 0.6) is 11.5 Å². The molecular weight excluding hydrogens is 357 g/mol. The topological polar surface area (TPSA) is 99.1 Å². The molecule has 2 heterocycles. The number of carboxylic acid groups (broad SMARTS) is 1. The van der Waals surface area contributed by atoms with Crippen LogP contribution >= 0.6 is 0 Å². The number of carbonyl (C=O) groups is 2. The Kier molecular flexibility index (Phi) is 4.70. The molecular formula is C16H17F3N2O5. The average Bonchev–Trinajstić information content (AvgIpc) is 2.99. The van der Waals surface area contributed by atoms with Gasteiger partial charge >= 0.3 is 12.1 Å². The summed E-state index contributed by atoms with van der Waals surface area (Å²) in [5.41, 5.74) is -0.372. The fourth-order valence-corrected chi connectivity index (χ4v) is 3.10. The van der Waals surface area contributed by atoms with Crippen LogP contribution in [0.4, 0.5) is 13.2 Å². The monoisotopic (exact) mass is 374 g/mol. The summed E-state index contributed by atoms with van der Waals surface area (Å²) in [6.07, 6.45) is -5.11. The molecule has 1 amide bonds. The van der Waals surface area contributed by atoms with E-state index in [0.717, 1.165) is 0 Å². The summed E-state index contributed by atoms with van der Waals surface area (Å²) in [5, 5.41) is 21.3. The normalized spacial score (nSPS) is 23.6. The number of hydrogen-bond acceptors (Lipinski definition) is 5. The molecule has 0 spiro atoms. The summed E-state index contributed by atoms with van der Waals surface area (Å²) < 4.78 is 43.6. The van der Waals surface area contributed by atoms with Crippen LogP contribution in [-0.4, -0.2) is 64.9 Å². The Labute approximate surface area is 146 Å². The molecule has 0 aliphatic carbocycles. The lowest BCUT2D eigenvalue weighted by molar-refractivity contribution is -0.169. The SMILES string of the molecule is O=C(O)c1c(O)cccc1OC1CN(C(=O)[C@H]2C[C@@H](C(F)(F)F)CN2)C1. The van der Waals surface area contributed by atoms with Gasteiger partial charge in [-0.25, -0.2) is 4.79 Å². The zero-order chi connectivity index (χ0) is 19.1. The molecule has 3 rings (SSSR count).